The lowest BCUT2D eigenvalue weighted by atomic mass is 10.1. The van der Waals surface area contributed by atoms with Crippen LogP contribution in [0.25, 0.3) is 0 Å². The quantitative estimate of drug-likeness (QED) is 0.720. The number of hydrogen-bond donors (Lipinski definition) is 1. The number of hydrogen-bond acceptors (Lipinski definition) is 3. The summed E-state index contributed by atoms with van der Waals surface area (Å²) in [5, 5.41) is 0. The minimum atomic E-state index is 0.135. The summed E-state index contributed by atoms with van der Waals surface area (Å²) >= 11 is 0. The Kier molecular flexibility index (Phi) is 3.84. The first-order valence-corrected chi connectivity index (χ1v) is 4.10. The van der Waals surface area contributed by atoms with Crippen LogP contribution in [-0.2, 0) is 11.2 Å². The fourth-order valence-electron chi connectivity index (χ4n) is 1.06. The second-order valence-electron chi connectivity index (χ2n) is 2.83. The van der Waals surface area contributed by atoms with Crippen LogP contribution in [0.1, 0.15) is 12.2 Å². The van der Waals surface area contributed by atoms with Crippen LogP contribution in [0.3, 0.4) is 0 Å². The Morgan fingerprint density at radius 1 is 1.67 bits per heavy atom. The van der Waals surface area contributed by atoms with Gasteiger partial charge in [0.05, 0.1) is 6.26 Å². The summed E-state index contributed by atoms with van der Waals surface area (Å²) in [4.78, 5) is 0. The minimum absolute atomic E-state index is 0.135. The van der Waals surface area contributed by atoms with Crippen molar-refractivity contribution in [1.82, 2.24) is 0 Å². The van der Waals surface area contributed by atoms with E-state index in [2.05, 4.69) is 0 Å². The Balaban J connectivity index is 2.22. The molecule has 3 nitrogen and oxygen atoms in total. The third kappa shape index (κ3) is 3.07. The highest BCUT2D eigenvalue weighted by Crippen LogP contribution is 2.04. The van der Waals surface area contributed by atoms with Crippen LogP contribution in [0, 0.1) is 0 Å². The lowest BCUT2D eigenvalue weighted by Gasteiger charge is -2.07. The molecule has 1 aromatic rings. The smallest absolute Gasteiger partial charge is 0.105 e. The fourth-order valence-corrected chi connectivity index (χ4v) is 1.06. The van der Waals surface area contributed by atoms with Crippen molar-refractivity contribution in [1.29, 1.82) is 0 Å². The van der Waals surface area contributed by atoms with Crippen LogP contribution in [0.5, 0.6) is 0 Å². The molecule has 2 N–H and O–H groups in total. The van der Waals surface area contributed by atoms with Gasteiger partial charge in [-0.25, -0.2) is 0 Å². The summed E-state index contributed by atoms with van der Waals surface area (Å²) in [6, 6.07) is 3.95. The summed E-state index contributed by atoms with van der Waals surface area (Å²) in [5.41, 5.74) is 5.81. The largest absolute Gasteiger partial charge is 0.469 e. The monoisotopic (exact) mass is 169 g/mol. The first-order valence-electron chi connectivity index (χ1n) is 4.10. The van der Waals surface area contributed by atoms with E-state index in [0.29, 0.717) is 6.61 Å². The highest BCUT2D eigenvalue weighted by molar-refractivity contribution is 4.99. The molecule has 1 heterocycles. The zero-order valence-electron chi connectivity index (χ0n) is 7.32. The van der Waals surface area contributed by atoms with E-state index in [1.807, 2.05) is 12.1 Å². The first-order chi connectivity index (χ1) is 5.83. The van der Waals surface area contributed by atoms with Crippen molar-refractivity contribution in [2.45, 2.75) is 18.9 Å². The summed E-state index contributed by atoms with van der Waals surface area (Å²) in [7, 11) is 1.68. The molecule has 0 aromatic carbocycles. The SMILES string of the molecule is COCC[C@H](N)Cc1ccco1. The maximum absolute atomic E-state index is 5.81. The number of rotatable bonds is 5. The van der Waals surface area contributed by atoms with Crippen molar-refractivity contribution < 1.29 is 9.15 Å². The molecule has 0 aliphatic heterocycles. The molecule has 0 saturated heterocycles. The van der Waals surface area contributed by atoms with E-state index >= 15 is 0 Å². The molecule has 1 aromatic heterocycles. The lowest BCUT2D eigenvalue weighted by molar-refractivity contribution is 0.187. The molecule has 0 unspecified atom stereocenters. The second-order valence-corrected chi connectivity index (χ2v) is 2.83. The van der Waals surface area contributed by atoms with Gasteiger partial charge >= 0.3 is 0 Å². The van der Waals surface area contributed by atoms with Gasteiger partial charge in [-0.15, -0.1) is 0 Å². The average molecular weight is 169 g/mol. The molecule has 1 atom stereocenters. The molecule has 3 heteroatoms. The van der Waals surface area contributed by atoms with Crippen LogP contribution in [-0.4, -0.2) is 19.8 Å². The Morgan fingerprint density at radius 3 is 3.08 bits per heavy atom. The second kappa shape index (κ2) is 4.95. The fraction of sp³-hybridized carbons (Fsp3) is 0.556. The van der Waals surface area contributed by atoms with Gasteiger partial charge in [-0.2, -0.15) is 0 Å². The van der Waals surface area contributed by atoms with Crippen molar-refractivity contribution in [3.05, 3.63) is 24.2 Å². The topological polar surface area (TPSA) is 48.4 Å². The Hall–Kier alpha value is -0.800. The van der Waals surface area contributed by atoms with Gasteiger partial charge in [0.15, 0.2) is 0 Å². The van der Waals surface area contributed by atoms with Gasteiger partial charge in [-0.05, 0) is 18.6 Å². The molecule has 12 heavy (non-hydrogen) atoms. The molecule has 0 amide bonds. The van der Waals surface area contributed by atoms with Gasteiger partial charge in [0.25, 0.3) is 0 Å². The van der Waals surface area contributed by atoms with Gasteiger partial charge in [-0.1, -0.05) is 0 Å². The van der Waals surface area contributed by atoms with Crippen molar-refractivity contribution in [3.8, 4) is 0 Å². The van der Waals surface area contributed by atoms with E-state index in [4.69, 9.17) is 14.9 Å². The van der Waals surface area contributed by atoms with Crippen molar-refractivity contribution >= 4 is 0 Å². The molecule has 0 bridgehead atoms. The minimum Gasteiger partial charge on any atom is -0.469 e. The Morgan fingerprint density at radius 2 is 2.50 bits per heavy atom. The van der Waals surface area contributed by atoms with E-state index < -0.39 is 0 Å². The molecule has 68 valence electrons. The molecule has 0 fully saturated rings. The molecular weight excluding hydrogens is 154 g/mol. The van der Waals surface area contributed by atoms with Gasteiger partial charge in [0.1, 0.15) is 5.76 Å². The zero-order valence-corrected chi connectivity index (χ0v) is 7.32. The Labute approximate surface area is 72.5 Å². The van der Waals surface area contributed by atoms with E-state index in [0.717, 1.165) is 18.6 Å². The molecule has 0 spiro atoms. The predicted molar refractivity (Wildman–Crippen MR) is 46.9 cm³/mol. The van der Waals surface area contributed by atoms with Crippen molar-refractivity contribution in [2.75, 3.05) is 13.7 Å². The third-order valence-electron chi connectivity index (χ3n) is 1.74. The van der Waals surface area contributed by atoms with Gasteiger partial charge < -0.3 is 14.9 Å². The maximum atomic E-state index is 5.81. The van der Waals surface area contributed by atoms with Crippen LogP contribution in [0.2, 0.25) is 0 Å². The molecular formula is C9H15NO2. The highest BCUT2D eigenvalue weighted by Gasteiger charge is 2.04. The number of methoxy groups -OCH3 is 1. The average Bonchev–Trinajstić information content (AvgIpc) is 2.53. The van der Waals surface area contributed by atoms with E-state index in [1.165, 1.54) is 0 Å². The van der Waals surface area contributed by atoms with Crippen LogP contribution >= 0.6 is 0 Å². The molecule has 0 aliphatic carbocycles. The molecule has 0 saturated carbocycles. The standard InChI is InChI=1S/C9H15NO2/c1-11-6-4-8(10)7-9-3-2-5-12-9/h2-3,5,8H,4,6-7,10H2,1H3/t8-/m0/s1. The Bertz CT molecular complexity index is 196. The van der Waals surface area contributed by atoms with Gasteiger partial charge in [0.2, 0.25) is 0 Å². The van der Waals surface area contributed by atoms with E-state index in [1.54, 1.807) is 13.4 Å². The highest BCUT2D eigenvalue weighted by atomic mass is 16.5. The summed E-state index contributed by atoms with van der Waals surface area (Å²) in [6.45, 7) is 0.710. The van der Waals surface area contributed by atoms with Crippen LogP contribution < -0.4 is 5.73 Å². The van der Waals surface area contributed by atoms with E-state index in [-0.39, 0.29) is 6.04 Å². The molecule has 1 rings (SSSR count). The number of furan rings is 1. The van der Waals surface area contributed by atoms with Gasteiger partial charge in [0, 0.05) is 26.2 Å². The summed E-state index contributed by atoms with van der Waals surface area (Å²) in [6.07, 6.45) is 3.33. The molecule has 0 aliphatic rings. The van der Waals surface area contributed by atoms with Crippen molar-refractivity contribution in [3.63, 3.8) is 0 Å². The van der Waals surface area contributed by atoms with Crippen molar-refractivity contribution in [2.24, 2.45) is 5.73 Å². The maximum Gasteiger partial charge on any atom is 0.105 e. The summed E-state index contributed by atoms with van der Waals surface area (Å²) in [5.74, 6) is 0.943. The summed E-state index contributed by atoms with van der Waals surface area (Å²) < 4.78 is 10.1. The molecule has 0 radical (unpaired) electrons. The lowest BCUT2D eigenvalue weighted by Crippen LogP contribution is -2.24. The number of ether oxygens (including phenoxy) is 1. The zero-order chi connectivity index (χ0) is 8.81. The third-order valence-corrected chi connectivity index (χ3v) is 1.74. The first kappa shape index (κ1) is 9.29. The van der Waals surface area contributed by atoms with Crippen LogP contribution in [0.15, 0.2) is 22.8 Å². The normalized spacial score (nSPS) is 13.2. The van der Waals surface area contributed by atoms with E-state index in [9.17, 15) is 0 Å². The van der Waals surface area contributed by atoms with Crippen LogP contribution in [0.4, 0.5) is 0 Å². The number of nitrogens with two attached hydrogens (primary N) is 1. The predicted octanol–water partition coefficient (Wildman–Crippen LogP) is 1.19. The van der Waals surface area contributed by atoms with Gasteiger partial charge in [-0.3, -0.25) is 0 Å².